The van der Waals surface area contributed by atoms with Crippen LogP contribution in [-0.4, -0.2) is 18.6 Å². The van der Waals surface area contributed by atoms with Gasteiger partial charge in [-0.05, 0) is 57.2 Å². The van der Waals surface area contributed by atoms with E-state index in [1.165, 1.54) is 6.07 Å². The van der Waals surface area contributed by atoms with Crippen LogP contribution in [0.15, 0.2) is 18.2 Å². The molecule has 4 nitrogen and oxygen atoms in total. The van der Waals surface area contributed by atoms with Crippen molar-refractivity contribution < 1.29 is 13.9 Å². The van der Waals surface area contributed by atoms with Gasteiger partial charge in [0.05, 0.1) is 6.10 Å². The van der Waals surface area contributed by atoms with Gasteiger partial charge in [0.2, 0.25) is 5.91 Å². The Balaban J connectivity index is 0.00000288. The minimum atomic E-state index is -0.419. The Morgan fingerprint density at radius 3 is 2.58 bits per heavy atom. The fourth-order valence-electron chi connectivity index (χ4n) is 2.87. The van der Waals surface area contributed by atoms with Crippen LogP contribution in [0.25, 0.3) is 0 Å². The van der Waals surface area contributed by atoms with E-state index in [4.69, 9.17) is 10.5 Å². The first kappa shape index (κ1) is 20.7. The number of carbonyl (C=O) groups is 1. The number of nitrogens with one attached hydrogen (secondary N) is 1. The predicted molar refractivity (Wildman–Crippen MR) is 97.3 cm³/mol. The SMILES string of the molecule is Cl.NCCCCCCC(=O)Nc1ccc(OC2CCCC2)c(F)c1. The van der Waals surface area contributed by atoms with E-state index in [1.54, 1.807) is 12.1 Å². The molecule has 0 aromatic heterocycles. The Morgan fingerprint density at radius 1 is 1.21 bits per heavy atom. The van der Waals surface area contributed by atoms with Gasteiger partial charge in [0.25, 0.3) is 0 Å². The Labute approximate surface area is 149 Å². The first-order valence-corrected chi connectivity index (χ1v) is 8.65. The molecular weight excluding hydrogens is 331 g/mol. The highest BCUT2D eigenvalue weighted by Gasteiger charge is 2.18. The van der Waals surface area contributed by atoms with Gasteiger partial charge in [-0.3, -0.25) is 4.79 Å². The van der Waals surface area contributed by atoms with E-state index in [-0.39, 0.29) is 30.2 Å². The molecule has 1 aliphatic carbocycles. The molecule has 1 saturated carbocycles. The summed E-state index contributed by atoms with van der Waals surface area (Å²) in [5, 5.41) is 2.74. The Hall–Kier alpha value is -1.33. The zero-order valence-corrected chi connectivity index (χ0v) is 14.9. The maximum Gasteiger partial charge on any atom is 0.224 e. The van der Waals surface area contributed by atoms with Crippen molar-refractivity contribution in [2.24, 2.45) is 5.73 Å². The van der Waals surface area contributed by atoms with Crippen LogP contribution in [0.5, 0.6) is 5.75 Å². The number of hydrogen-bond donors (Lipinski definition) is 2. The smallest absolute Gasteiger partial charge is 0.224 e. The van der Waals surface area contributed by atoms with Crippen LogP contribution < -0.4 is 15.8 Å². The molecule has 0 atom stereocenters. The summed E-state index contributed by atoms with van der Waals surface area (Å²) in [5.74, 6) is -0.226. The lowest BCUT2D eigenvalue weighted by Crippen LogP contribution is -2.13. The summed E-state index contributed by atoms with van der Waals surface area (Å²) in [4.78, 5) is 11.8. The molecule has 1 aliphatic rings. The zero-order chi connectivity index (χ0) is 16.5. The van der Waals surface area contributed by atoms with Crippen molar-refractivity contribution in [3.05, 3.63) is 24.0 Å². The number of rotatable bonds is 9. The number of amides is 1. The maximum atomic E-state index is 14.1. The average Bonchev–Trinajstić information content (AvgIpc) is 3.03. The molecule has 1 fully saturated rings. The minimum absolute atomic E-state index is 0. The quantitative estimate of drug-likeness (QED) is 0.642. The topological polar surface area (TPSA) is 64.4 Å². The standard InChI is InChI=1S/C18H27FN2O2.ClH/c19-16-13-14(21-18(22)9-3-1-2-6-12-20)10-11-17(16)23-15-7-4-5-8-15;/h10-11,13,15H,1-9,12,20H2,(H,21,22);1H. The van der Waals surface area contributed by atoms with Crippen molar-refractivity contribution in [1.29, 1.82) is 0 Å². The Kier molecular flexibility index (Phi) is 9.72. The van der Waals surface area contributed by atoms with E-state index < -0.39 is 5.82 Å². The van der Waals surface area contributed by atoms with Crippen molar-refractivity contribution >= 4 is 24.0 Å². The molecule has 1 amide bonds. The summed E-state index contributed by atoms with van der Waals surface area (Å²) in [5.41, 5.74) is 5.91. The fourth-order valence-corrected chi connectivity index (χ4v) is 2.87. The van der Waals surface area contributed by atoms with Crippen LogP contribution in [0.2, 0.25) is 0 Å². The molecule has 0 heterocycles. The van der Waals surface area contributed by atoms with E-state index >= 15 is 0 Å². The summed E-state index contributed by atoms with van der Waals surface area (Å²) in [6.45, 7) is 0.695. The molecule has 1 aromatic carbocycles. The average molecular weight is 359 g/mol. The number of benzene rings is 1. The van der Waals surface area contributed by atoms with Crippen LogP contribution in [0.3, 0.4) is 0 Å². The molecule has 6 heteroatoms. The lowest BCUT2D eigenvalue weighted by molar-refractivity contribution is -0.116. The molecule has 3 N–H and O–H groups in total. The molecule has 0 bridgehead atoms. The number of halogens is 2. The second-order valence-electron chi connectivity index (χ2n) is 6.17. The van der Waals surface area contributed by atoms with E-state index in [9.17, 15) is 9.18 Å². The van der Waals surface area contributed by atoms with E-state index in [2.05, 4.69) is 5.32 Å². The van der Waals surface area contributed by atoms with Crippen molar-refractivity contribution in [2.75, 3.05) is 11.9 Å². The lowest BCUT2D eigenvalue weighted by Gasteiger charge is -2.14. The first-order valence-electron chi connectivity index (χ1n) is 8.65. The normalized spacial score (nSPS) is 14.2. The van der Waals surface area contributed by atoms with Gasteiger partial charge in [-0.25, -0.2) is 4.39 Å². The van der Waals surface area contributed by atoms with Gasteiger partial charge in [-0.15, -0.1) is 12.4 Å². The number of ether oxygens (including phenoxy) is 1. The van der Waals surface area contributed by atoms with E-state index in [1.807, 2.05) is 0 Å². The predicted octanol–water partition coefficient (Wildman–Crippen LogP) is 4.42. The van der Waals surface area contributed by atoms with Gasteiger partial charge in [0.15, 0.2) is 11.6 Å². The van der Waals surface area contributed by atoms with Crippen molar-refractivity contribution in [3.8, 4) is 5.75 Å². The van der Waals surface area contributed by atoms with Crippen LogP contribution in [0.4, 0.5) is 10.1 Å². The molecule has 2 rings (SSSR count). The minimum Gasteiger partial charge on any atom is -0.487 e. The van der Waals surface area contributed by atoms with Gasteiger partial charge in [0.1, 0.15) is 0 Å². The number of nitrogens with two attached hydrogens (primary N) is 1. The maximum absolute atomic E-state index is 14.1. The molecular formula is C18H28ClFN2O2. The highest BCUT2D eigenvalue weighted by Crippen LogP contribution is 2.27. The van der Waals surface area contributed by atoms with Crippen molar-refractivity contribution in [3.63, 3.8) is 0 Å². The highest BCUT2D eigenvalue weighted by molar-refractivity contribution is 5.90. The van der Waals surface area contributed by atoms with Gasteiger partial charge in [0, 0.05) is 18.2 Å². The van der Waals surface area contributed by atoms with Gasteiger partial charge in [-0.2, -0.15) is 0 Å². The van der Waals surface area contributed by atoms with Gasteiger partial charge < -0.3 is 15.8 Å². The summed E-state index contributed by atoms with van der Waals surface area (Å²) in [7, 11) is 0. The monoisotopic (exact) mass is 358 g/mol. The van der Waals surface area contributed by atoms with E-state index in [0.29, 0.717) is 18.7 Å². The Bertz CT molecular complexity index is 508. The molecule has 1 aromatic rings. The molecule has 24 heavy (non-hydrogen) atoms. The zero-order valence-electron chi connectivity index (χ0n) is 14.1. The number of anilines is 1. The Morgan fingerprint density at radius 2 is 1.92 bits per heavy atom. The number of carbonyl (C=O) groups excluding carboxylic acids is 1. The molecule has 0 saturated heterocycles. The largest absolute Gasteiger partial charge is 0.487 e. The van der Waals surface area contributed by atoms with E-state index in [0.717, 1.165) is 51.4 Å². The van der Waals surface area contributed by atoms with Crippen molar-refractivity contribution in [1.82, 2.24) is 0 Å². The fraction of sp³-hybridized carbons (Fsp3) is 0.611. The third-order valence-corrected chi connectivity index (χ3v) is 4.17. The molecule has 0 aliphatic heterocycles. The number of hydrogen-bond acceptors (Lipinski definition) is 3. The van der Waals surface area contributed by atoms with Crippen LogP contribution in [0, 0.1) is 5.82 Å². The van der Waals surface area contributed by atoms with Crippen LogP contribution >= 0.6 is 12.4 Å². The summed E-state index contributed by atoms with van der Waals surface area (Å²) in [6, 6.07) is 4.63. The van der Waals surface area contributed by atoms with Gasteiger partial charge in [-0.1, -0.05) is 12.8 Å². The molecule has 136 valence electrons. The summed E-state index contributed by atoms with van der Waals surface area (Å²) >= 11 is 0. The highest BCUT2D eigenvalue weighted by atomic mass is 35.5. The molecule has 0 unspecified atom stereocenters. The lowest BCUT2D eigenvalue weighted by atomic mass is 10.1. The number of unbranched alkanes of at least 4 members (excludes halogenated alkanes) is 3. The van der Waals surface area contributed by atoms with Crippen molar-refractivity contribution in [2.45, 2.75) is 63.9 Å². The second kappa shape index (κ2) is 11.3. The molecule has 0 spiro atoms. The third kappa shape index (κ3) is 7.05. The summed E-state index contributed by atoms with van der Waals surface area (Å²) in [6.07, 6.45) is 8.71. The summed E-state index contributed by atoms with van der Waals surface area (Å²) < 4.78 is 19.7. The second-order valence-corrected chi connectivity index (χ2v) is 6.17. The van der Waals surface area contributed by atoms with Crippen LogP contribution in [-0.2, 0) is 4.79 Å². The molecule has 0 radical (unpaired) electrons. The first-order chi connectivity index (χ1) is 11.2. The van der Waals surface area contributed by atoms with Gasteiger partial charge >= 0.3 is 0 Å². The third-order valence-electron chi connectivity index (χ3n) is 4.17. The van der Waals surface area contributed by atoms with Crippen LogP contribution in [0.1, 0.15) is 57.8 Å².